The van der Waals surface area contributed by atoms with E-state index in [4.69, 9.17) is 0 Å². The number of aliphatic hydroxyl groups excluding tert-OH is 1. The van der Waals surface area contributed by atoms with Crippen molar-refractivity contribution in [2.75, 3.05) is 13.1 Å². The molecule has 3 rings (SSSR count). The second kappa shape index (κ2) is 4.13. The monoisotopic (exact) mass is 231 g/mol. The standard InChI is InChI=1S/C13H17N3O/c1-15-12-5-3-2-4-11(12)14-13(15)9-16-7-6-10(17)8-16/h2-5,10,17H,6-9H2,1H3/t10-/m1/s1. The number of β-amino-alcohol motifs (C(OH)–C–C–N with tert-alkyl or cyclic N) is 1. The summed E-state index contributed by atoms with van der Waals surface area (Å²) in [5.74, 6) is 1.07. The lowest BCUT2D eigenvalue weighted by Gasteiger charge is -2.14. The Balaban J connectivity index is 1.88. The van der Waals surface area contributed by atoms with Gasteiger partial charge in [-0.3, -0.25) is 4.90 Å². The first-order chi connectivity index (χ1) is 8.24. The topological polar surface area (TPSA) is 41.3 Å². The Hall–Kier alpha value is -1.39. The van der Waals surface area contributed by atoms with Crippen molar-refractivity contribution in [3.63, 3.8) is 0 Å². The van der Waals surface area contributed by atoms with Gasteiger partial charge in [0.1, 0.15) is 5.82 Å². The van der Waals surface area contributed by atoms with Crippen LogP contribution in [0.15, 0.2) is 24.3 Å². The molecule has 2 heterocycles. The van der Waals surface area contributed by atoms with Crippen LogP contribution in [0.2, 0.25) is 0 Å². The maximum atomic E-state index is 9.52. The molecule has 1 aromatic carbocycles. The number of para-hydroxylation sites is 2. The van der Waals surface area contributed by atoms with Crippen LogP contribution in [-0.2, 0) is 13.6 Å². The number of aromatic nitrogens is 2. The fourth-order valence-electron chi connectivity index (χ4n) is 2.49. The average molecular weight is 231 g/mol. The molecular weight excluding hydrogens is 214 g/mol. The normalized spacial score (nSPS) is 21.4. The molecule has 1 aromatic heterocycles. The number of nitrogens with zero attached hydrogens (tertiary/aromatic N) is 3. The van der Waals surface area contributed by atoms with Crippen LogP contribution in [0.25, 0.3) is 11.0 Å². The average Bonchev–Trinajstić information content (AvgIpc) is 2.86. The highest BCUT2D eigenvalue weighted by Gasteiger charge is 2.21. The molecule has 1 saturated heterocycles. The van der Waals surface area contributed by atoms with E-state index in [1.165, 1.54) is 5.52 Å². The molecular formula is C13H17N3O. The summed E-state index contributed by atoms with van der Waals surface area (Å²) in [5, 5.41) is 9.52. The highest BCUT2D eigenvalue weighted by Crippen LogP contribution is 2.17. The van der Waals surface area contributed by atoms with Crippen molar-refractivity contribution in [3.05, 3.63) is 30.1 Å². The Morgan fingerprint density at radius 3 is 2.94 bits per heavy atom. The van der Waals surface area contributed by atoms with E-state index in [9.17, 15) is 5.11 Å². The third kappa shape index (κ3) is 1.94. The lowest BCUT2D eigenvalue weighted by atomic mass is 10.3. The maximum Gasteiger partial charge on any atom is 0.123 e. The lowest BCUT2D eigenvalue weighted by Crippen LogP contribution is -2.23. The molecule has 1 fully saturated rings. The van der Waals surface area contributed by atoms with Gasteiger partial charge in [-0.2, -0.15) is 0 Å². The summed E-state index contributed by atoms with van der Waals surface area (Å²) in [6.07, 6.45) is 0.717. The second-order valence-electron chi connectivity index (χ2n) is 4.75. The molecule has 17 heavy (non-hydrogen) atoms. The molecule has 0 radical (unpaired) electrons. The summed E-state index contributed by atoms with van der Waals surface area (Å²) in [7, 11) is 2.05. The smallest absolute Gasteiger partial charge is 0.123 e. The van der Waals surface area contributed by atoms with E-state index in [0.29, 0.717) is 0 Å². The third-order valence-corrected chi connectivity index (χ3v) is 3.49. The number of hydrogen-bond donors (Lipinski definition) is 1. The fourth-order valence-corrected chi connectivity index (χ4v) is 2.49. The number of aliphatic hydroxyl groups is 1. The third-order valence-electron chi connectivity index (χ3n) is 3.49. The van der Waals surface area contributed by atoms with Crippen molar-refractivity contribution in [2.45, 2.75) is 19.1 Å². The summed E-state index contributed by atoms with van der Waals surface area (Å²) in [6, 6.07) is 8.18. The van der Waals surface area contributed by atoms with Gasteiger partial charge in [0, 0.05) is 20.1 Å². The van der Waals surface area contributed by atoms with Crippen LogP contribution >= 0.6 is 0 Å². The minimum Gasteiger partial charge on any atom is -0.392 e. The van der Waals surface area contributed by atoms with Gasteiger partial charge in [-0.05, 0) is 18.6 Å². The van der Waals surface area contributed by atoms with E-state index >= 15 is 0 Å². The molecule has 0 saturated carbocycles. The molecule has 1 N–H and O–H groups in total. The Bertz CT molecular complexity index is 534. The van der Waals surface area contributed by atoms with Crippen molar-refractivity contribution in [2.24, 2.45) is 7.05 Å². The Morgan fingerprint density at radius 1 is 1.41 bits per heavy atom. The first kappa shape index (κ1) is 10.7. The molecule has 4 heteroatoms. The number of benzene rings is 1. The van der Waals surface area contributed by atoms with Crippen LogP contribution in [0.5, 0.6) is 0 Å². The van der Waals surface area contributed by atoms with Gasteiger partial charge in [-0.25, -0.2) is 4.98 Å². The van der Waals surface area contributed by atoms with Crippen molar-refractivity contribution in [3.8, 4) is 0 Å². The first-order valence-electron chi connectivity index (χ1n) is 6.05. The summed E-state index contributed by atoms with van der Waals surface area (Å²) in [6.45, 7) is 2.55. The zero-order chi connectivity index (χ0) is 11.8. The lowest BCUT2D eigenvalue weighted by molar-refractivity contribution is 0.173. The maximum absolute atomic E-state index is 9.52. The molecule has 1 aliphatic rings. The van der Waals surface area contributed by atoms with Crippen LogP contribution in [0, 0.1) is 0 Å². The van der Waals surface area contributed by atoms with Crippen LogP contribution in [0.3, 0.4) is 0 Å². The van der Waals surface area contributed by atoms with Crippen LogP contribution in [0.4, 0.5) is 0 Å². The number of rotatable bonds is 2. The number of imidazole rings is 1. The molecule has 4 nitrogen and oxygen atoms in total. The van der Waals surface area contributed by atoms with Crippen LogP contribution < -0.4 is 0 Å². The summed E-state index contributed by atoms with van der Waals surface area (Å²) in [4.78, 5) is 6.90. The Morgan fingerprint density at radius 2 is 2.24 bits per heavy atom. The predicted molar refractivity (Wildman–Crippen MR) is 66.6 cm³/mol. The molecule has 90 valence electrons. The second-order valence-corrected chi connectivity index (χ2v) is 4.75. The highest BCUT2D eigenvalue weighted by atomic mass is 16.3. The molecule has 1 aliphatic heterocycles. The quantitative estimate of drug-likeness (QED) is 0.842. The predicted octanol–water partition coefficient (Wildman–Crippen LogP) is 1.14. The molecule has 0 bridgehead atoms. The molecule has 0 amide bonds. The zero-order valence-electron chi connectivity index (χ0n) is 10.0. The molecule has 0 aliphatic carbocycles. The summed E-state index contributed by atoms with van der Waals surface area (Å²) < 4.78 is 2.14. The number of hydrogen-bond acceptors (Lipinski definition) is 3. The van der Waals surface area contributed by atoms with Crippen molar-refractivity contribution in [1.29, 1.82) is 0 Å². The van der Waals surface area contributed by atoms with Gasteiger partial charge in [-0.1, -0.05) is 12.1 Å². The fraction of sp³-hybridized carbons (Fsp3) is 0.462. The van der Waals surface area contributed by atoms with Gasteiger partial charge in [-0.15, -0.1) is 0 Å². The Kier molecular flexibility index (Phi) is 2.61. The zero-order valence-corrected chi connectivity index (χ0v) is 10.0. The van der Waals surface area contributed by atoms with Gasteiger partial charge in [0.2, 0.25) is 0 Å². The van der Waals surface area contributed by atoms with Crippen LogP contribution in [-0.4, -0.2) is 38.8 Å². The van der Waals surface area contributed by atoms with E-state index in [0.717, 1.165) is 37.4 Å². The number of aryl methyl sites for hydroxylation is 1. The first-order valence-corrected chi connectivity index (χ1v) is 6.05. The van der Waals surface area contributed by atoms with Gasteiger partial charge in [0.25, 0.3) is 0 Å². The van der Waals surface area contributed by atoms with Crippen LogP contribution in [0.1, 0.15) is 12.2 Å². The minimum atomic E-state index is -0.162. The van der Waals surface area contributed by atoms with Gasteiger partial charge >= 0.3 is 0 Å². The minimum absolute atomic E-state index is 0.162. The van der Waals surface area contributed by atoms with E-state index in [-0.39, 0.29) is 6.10 Å². The molecule has 0 unspecified atom stereocenters. The molecule has 0 spiro atoms. The molecule has 1 atom stereocenters. The van der Waals surface area contributed by atoms with Crippen molar-refractivity contribution < 1.29 is 5.11 Å². The SMILES string of the molecule is Cn1c(CN2CC[C@@H](O)C2)nc2ccccc21. The number of fused-ring (bicyclic) bond motifs is 1. The highest BCUT2D eigenvalue weighted by molar-refractivity contribution is 5.75. The molecule has 2 aromatic rings. The summed E-state index contributed by atoms with van der Waals surface area (Å²) >= 11 is 0. The van der Waals surface area contributed by atoms with Gasteiger partial charge < -0.3 is 9.67 Å². The van der Waals surface area contributed by atoms with E-state index < -0.39 is 0 Å². The summed E-state index contributed by atoms with van der Waals surface area (Å²) in [5.41, 5.74) is 2.21. The van der Waals surface area contributed by atoms with E-state index in [1.807, 2.05) is 18.2 Å². The Labute approximate surface area is 100 Å². The van der Waals surface area contributed by atoms with E-state index in [1.54, 1.807) is 0 Å². The number of likely N-dealkylation sites (tertiary alicyclic amines) is 1. The van der Waals surface area contributed by atoms with Gasteiger partial charge in [0.15, 0.2) is 0 Å². The largest absolute Gasteiger partial charge is 0.392 e. The van der Waals surface area contributed by atoms with Crippen molar-refractivity contribution >= 4 is 11.0 Å². The van der Waals surface area contributed by atoms with Crippen molar-refractivity contribution in [1.82, 2.24) is 14.5 Å². The van der Waals surface area contributed by atoms with Gasteiger partial charge in [0.05, 0.1) is 23.7 Å². The van der Waals surface area contributed by atoms with E-state index in [2.05, 4.69) is 27.6 Å².